The van der Waals surface area contributed by atoms with Gasteiger partial charge in [-0.1, -0.05) is 6.92 Å². The molecule has 0 radical (unpaired) electrons. The van der Waals surface area contributed by atoms with Crippen molar-refractivity contribution in [1.82, 2.24) is 14.7 Å². The zero-order valence-electron chi connectivity index (χ0n) is 12.6. The zero-order chi connectivity index (χ0) is 14.6. The summed E-state index contributed by atoms with van der Waals surface area (Å²) < 4.78 is 1.96. The molecule has 0 aliphatic heterocycles. The standard InChI is InChI=1S/C14H25N3O2/c1-6-11-8-12(17(7-2)15-11)9-16(10-13(18)19)14(3,4)5/h8H,6-7,9-10H2,1-5H3,(H,18,19). The van der Waals surface area contributed by atoms with Crippen LogP contribution in [-0.2, 0) is 24.3 Å². The Morgan fingerprint density at radius 1 is 1.42 bits per heavy atom. The van der Waals surface area contributed by atoms with Gasteiger partial charge in [0, 0.05) is 18.6 Å². The number of hydrogen-bond donors (Lipinski definition) is 1. The minimum absolute atomic E-state index is 0.0415. The second-order valence-corrected chi connectivity index (χ2v) is 5.72. The summed E-state index contributed by atoms with van der Waals surface area (Å²) in [5.74, 6) is -0.798. The van der Waals surface area contributed by atoms with Crippen molar-refractivity contribution in [2.45, 2.75) is 59.7 Å². The van der Waals surface area contributed by atoms with Crippen LogP contribution >= 0.6 is 0 Å². The van der Waals surface area contributed by atoms with E-state index in [1.54, 1.807) is 0 Å². The Kier molecular flexibility index (Phi) is 5.11. The van der Waals surface area contributed by atoms with Gasteiger partial charge >= 0.3 is 5.97 Å². The molecule has 5 nitrogen and oxygen atoms in total. The Labute approximate surface area is 115 Å². The van der Waals surface area contributed by atoms with Gasteiger partial charge in [-0.3, -0.25) is 14.4 Å². The van der Waals surface area contributed by atoms with Gasteiger partial charge in [-0.05, 0) is 40.2 Å². The SMILES string of the molecule is CCc1cc(CN(CC(=O)O)C(C)(C)C)n(CC)n1. The molecule has 1 rings (SSSR count). The topological polar surface area (TPSA) is 58.4 Å². The van der Waals surface area contributed by atoms with Crippen LogP contribution in [-0.4, -0.2) is 37.8 Å². The average Bonchev–Trinajstić information content (AvgIpc) is 2.69. The Hall–Kier alpha value is -1.36. The van der Waals surface area contributed by atoms with Crippen molar-refractivity contribution in [2.75, 3.05) is 6.54 Å². The van der Waals surface area contributed by atoms with Crippen molar-refractivity contribution in [3.8, 4) is 0 Å². The molecule has 0 aliphatic rings. The molecule has 0 unspecified atom stereocenters. The summed E-state index contributed by atoms with van der Waals surface area (Å²) in [5.41, 5.74) is 1.95. The summed E-state index contributed by atoms with van der Waals surface area (Å²) in [7, 11) is 0. The third kappa shape index (κ3) is 4.35. The van der Waals surface area contributed by atoms with Crippen LogP contribution in [0.4, 0.5) is 0 Å². The van der Waals surface area contributed by atoms with Gasteiger partial charge in [0.1, 0.15) is 0 Å². The van der Waals surface area contributed by atoms with Crippen molar-refractivity contribution < 1.29 is 9.90 Å². The highest BCUT2D eigenvalue weighted by Gasteiger charge is 2.25. The predicted molar refractivity (Wildman–Crippen MR) is 75.1 cm³/mol. The first-order chi connectivity index (χ1) is 8.77. The smallest absolute Gasteiger partial charge is 0.317 e. The Morgan fingerprint density at radius 2 is 2.05 bits per heavy atom. The summed E-state index contributed by atoms with van der Waals surface area (Å²) in [5, 5.41) is 13.5. The number of rotatable bonds is 6. The lowest BCUT2D eigenvalue weighted by atomic mass is 10.1. The van der Waals surface area contributed by atoms with Crippen LogP contribution in [0.5, 0.6) is 0 Å². The lowest BCUT2D eigenvalue weighted by Crippen LogP contribution is -2.44. The van der Waals surface area contributed by atoms with Gasteiger partial charge in [0.05, 0.1) is 17.9 Å². The van der Waals surface area contributed by atoms with Crippen LogP contribution in [0.2, 0.25) is 0 Å². The van der Waals surface area contributed by atoms with Crippen molar-refractivity contribution in [3.05, 3.63) is 17.5 Å². The van der Waals surface area contributed by atoms with Crippen LogP contribution < -0.4 is 0 Å². The first-order valence-electron chi connectivity index (χ1n) is 6.80. The van der Waals surface area contributed by atoms with Crippen molar-refractivity contribution in [1.29, 1.82) is 0 Å². The van der Waals surface area contributed by atoms with Gasteiger partial charge in [0.15, 0.2) is 0 Å². The maximum absolute atomic E-state index is 11.0. The van der Waals surface area contributed by atoms with Crippen molar-refractivity contribution in [2.24, 2.45) is 0 Å². The Bertz CT molecular complexity index is 432. The van der Waals surface area contributed by atoms with Gasteiger partial charge in [-0.25, -0.2) is 0 Å². The molecular weight excluding hydrogens is 242 g/mol. The van der Waals surface area contributed by atoms with E-state index in [1.807, 2.05) is 30.4 Å². The maximum atomic E-state index is 11.0. The van der Waals surface area contributed by atoms with E-state index in [2.05, 4.69) is 25.0 Å². The van der Waals surface area contributed by atoms with E-state index < -0.39 is 5.97 Å². The van der Waals surface area contributed by atoms with E-state index in [9.17, 15) is 4.79 Å². The van der Waals surface area contributed by atoms with Crippen LogP contribution in [0.15, 0.2) is 6.07 Å². The largest absolute Gasteiger partial charge is 0.480 e. The fraction of sp³-hybridized carbons (Fsp3) is 0.714. The van der Waals surface area contributed by atoms with Crippen molar-refractivity contribution in [3.63, 3.8) is 0 Å². The summed E-state index contributed by atoms with van der Waals surface area (Å²) in [6.07, 6.45) is 0.897. The second kappa shape index (κ2) is 6.19. The molecule has 0 aliphatic carbocycles. The lowest BCUT2D eigenvalue weighted by molar-refractivity contribution is -0.140. The molecule has 108 valence electrons. The average molecular weight is 267 g/mol. The van der Waals surface area contributed by atoms with Crippen LogP contribution in [0.3, 0.4) is 0 Å². The summed E-state index contributed by atoms with van der Waals surface area (Å²) in [6.45, 7) is 11.7. The van der Waals surface area contributed by atoms with Gasteiger partial charge < -0.3 is 5.11 Å². The molecule has 0 aromatic carbocycles. The number of hydrogen-bond acceptors (Lipinski definition) is 3. The van der Waals surface area contributed by atoms with E-state index in [4.69, 9.17) is 5.11 Å². The van der Waals surface area contributed by atoms with Gasteiger partial charge in [-0.15, -0.1) is 0 Å². The molecular formula is C14H25N3O2. The van der Waals surface area contributed by atoms with Gasteiger partial charge in [-0.2, -0.15) is 5.10 Å². The molecule has 1 aromatic heterocycles. The highest BCUT2D eigenvalue weighted by Crippen LogP contribution is 2.18. The number of aliphatic carboxylic acids is 1. The monoisotopic (exact) mass is 267 g/mol. The number of carboxylic acid groups (broad SMARTS) is 1. The zero-order valence-corrected chi connectivity index (χ0v) is 12.6. The van der Waals surface area contributed by atoms with Crippen LogP contribution in [0.25, 0.3) is 0 Å². The van der Waals surface area contributed by atoms with E-state index >= 15 is 0 Å². The molecule has 0 fully saturated rings. The Balaban J connectivity index is 2.95. The molecule has 0 amide bonds. The van der Waals surface area contributed by atoms with Gasteiger partial charge in [0.2, 0.25) is 0 Å². The molecule has 0 spiro atoms. The predicted octanol–water partition coefficient (Wildman–Crippen LogP) is 2.15. The fourth-order valence-corrected chi connectivity index (χ4v) is 1.98. The quantitative estimate of drug-likeness (QED) is 0.858. The van der Waals surface area contributed by atoms with E-state index in [1.165, 1.54) is 0 Å². The number of carbonyl (C=O) groups is 1. The van der Waals surface area contributed by atoms with Crippen LogP contribution in [0.1, 0.15) is 46.0 Å². The lowest BCUT2D eigenvalue weighted by Gasteiger charge is -2.34. The van der Waals surface area contributed by atoms with Crippen molar-refractivity contribution >= 4 is 5.97 Å². The fourth-order valence-electron chi connectivity index (χ4n) is 1.98. The molecule has 0 atom stereocenters. The van der Waals surface area contributed by atoms with E-state index in [-0.39, 0.29) is 12.1 Å². The minimum atomic E-state index is -0.798. The first-order valence-corrected chi connectivity index (χ1v) is 6.80. The molecule has 0 saturated heterocycles. The normalized spacial score (nSPS) is 12.1. The van der Waals surface area contributed by atoms with E-state index in [0.717, 1.165) is 24.4 Å². The second-order valence-electron chi connectivity index (χ2n) is 5.72. The number of nitrogens with zero attached hydrogens (tertiary/aromatic N) is 3. The molecule has 0 saturated carbocycles. The molecule has 5 heteroatoms. The summed E-state index contributed by atoms with van der Waals surface area (Å²) in [6, 6.07) is 2.07. The summed E-state index contributed by atoms with van der Waals surface area (Å²) in [4.78, 5) is 13.0. The van der Waals surface area contributed by atoms with Gasteiger partial charge in [0.25, 0.3) is 0 Å². The molecule has 1 N–H and O–H groups in total. The Morgan fingerprint density at radius 3 is 2.47 bits per heavy atom. The first kappa shape index (κ1) is 15.7. The molecule has 0 bridgehead atoms. The molecule has 19 heavy (non-hydrogen) atoms. The number of aryl methyl sites for hydroxylation is 2. The molecule has 1 aromatic rings. The highest BCUT2D eigenvalue weighted by atomic mass is 16.4. The summed E-state index contributed by atoms with van der Waals surface area (Å²) >= 11 is 0. The third-order valence-electron chi connectivity index (χ3n) is 3.20. The number of aromatic nitrogens is 2. The third-order valence-corrected chi connectivity index (χ3v) is 3.20. The number of carboxylic acids is 1. The maximum Gasteiger partial charge on any atom is 0.317 e. The molecule has 1 heterocycles. The van der Waals surface area contributed by atoms with Crippen LogP contribution in [0, 0.1) is 0 Å². The van der Waals surface area contributed by atoms with E-state index in [0.29, 0.717) is 6.54 Å². The minimum Gasteiger partial charge on any atom is -0.480 e. The highest BCUT2D eigenvalue weighted by molar-refractivity contribution is 5.69.